The summed E-state index contributed by atoms with van der Waals surface area (Å²) in [4.78, 5) is 13.8. The Morgan fingerprint density at radius 3 is 2.43 bits per heavy atom. The molecule has 0 heterocycles. The van der Waals surface area contributed by atoms with Crippen molar-refractivity contribution in [2.75, 3.05) is 6.61 Å². The van der Waals surface area contributed by atoms with Crippen molar-refractivity contribution in [2.24, 2.45) is 0 Å². The van der Waals surface area contributed by atoms with Crippen LogP contribution in [0.1, 0.15) is 18.9 Å². The van der Waals surface area contributed by atoms with Gasteiger partial charge in [-0.15, -0.1) is 18.3 Å². The van der Waals surface area contributed by atoms with Gasteiger partial charge in [-0.05, 0) is 43.2 Å². The lowest BCUT2D eigenvalue weighted by molar-refractivity contribution is -0.146. The maximum absolute atomic E-state index is 12.8. The molecule has 0 saturated carbocycles. The average molecular weight is 391 g/mol. The third-order valence-electron chi connectivity index (χ3n) is 3.38. The van der Waals surface area contributed by atoms with Crippen LogP contribution in [-0.4, -0.2) is 12.6 Å². The molecule has 0 radical (unpaired) electrons. The van der Waals surface area contributed by atoms with Crippen LogP contribution < -0.4 is 0 Å². The fourth-order valence-electron chi connectivity index (χ4n) is 2.32. The molecule has 1 unspecified atom stereocenters. The van der Waals surface area contributed by atoms with Crippen LogP contribution >= 0.6 is 27.7 Å². The van der Waals surface area contributed by atoms with Crippen LogP contribution in [-0.2, 0) is 14.3 Å². The minimum atomic E-state index is -0.827. The molecule has 0 aromatic heterocycles. The van der Waals surface area contributed by atoms with Crippen molar-refractivity contribution in [1.82, 2.24) is 0 Å². The van der Waals surface area contributed by atoms with E-state index in [4.69, 9.17) is 4.74 Å². The van der Waals surface area contributed by atoms with Crippen molar-refractivity contribution < 1.29 is 9.53 Å². The van der Waals surface area contributed by atoms with Gasteiger partial charge < -0.3 is 4.74 Å². The van der Waals surface area contributed by atoms with E-state index in [1.807, 2.05) is 61.5 Å². The summed E-state index contributed by atoms with van der Waals surface area (Å²) in [6, 6.07) is 17.7. The number of carbonyl (C=O) groups excluding carboxylic acids is 1. The van der Waals surface area contributed by atoms with Crippen LogP contribution in [0, 0.1) is 0 Å². The maximum atomic E-state index is 12.8. The Morgan fingerprint density at radius 2 is 1.87 bits per heavy atom. The summed E-state index contributed by atoms with van der Waals surface area (Å²) in [5, 5.41) is 0. The fraction of sp³-hybridized carbons (Fsp3) is 0.211. The van der Waals surface area contributed by atoms with Gasteiger partial charge in [-0.1, -0.05) is 52.3 Å². The van der Waals surface area contributed by atoms with Crippen LogP contribution in [0.4, 0.5) is 0 Å². The SMILES string of the molecule is C=CCC(Sc1ccc(Br)cc1)(C(=O)OCC)c1ccccc1. The predicted molar refractivity (Wildman–Crippen MR) is 99.6 cm³/mol. The number of hydrogen-bond donors (Lipinski definition) is 0. The molecule has 0 N–H and O–H groups in total. The predicted octanol–water partition coefficient (Wildman–Crippen LogP) is 5.58. The topological polar surface area (TPSA) is 26.3 Å². The van der Waals surface area contributed by atoms with Crippen LogP contribution in [0.15, 0.2) is 76.6 Å². The highest BCUT2D eigenvalue weighted by atomic mass is 79.9. The largest absolute Gasteiger partial charge is 0.465 e. The molecule has 0 amide bonds. The number of ether oxygens (including phenoxy) is 1. The minimum absolute atomic E-state index is 0.237. The number of allylic oxidation sites excluding steroid dienone is 1. The normalized spacial score (nSPS) is 13.1. The highest BCUT2D eigenvalue weighted by molar-refractivity contribution is 9.10. The van der Waals surface area contributed by atoms with Gasteiger partial charge in [-0.2, -0.15) is 0 Å². The van der Waals surface area contributed by atoms with Gasteiger partial charge in [0, 0.05) is 9.37 Å². The third-order valence-corrected chi connectivity index (χ3v) is 5.34. The Bertz CT molecular complexity index is 655. The summed E-state index contributed by atoms with van der Waals surface area (Å²) in [7, 11) is 0. The first-order valence-corrected chi connectivity index (χ1v) is 9.01. The summed E-state index contributed by atoms with van der Waals surface area (Å²) in [5.74, 6) is -0.237. The van der Waals surface area contributed by atoms with Crippen LogP contribution in [0.5, 0.6) is 0 Å². The maximum Gasteiger partial charge on any atom is 0.327 e. The molecular formula is C19H19BrO2S. The number of esters is 1. The number of hydrogen-bond acceptors (Lipinski definition) is 3. The van der Waals surface area contributed by atoms with Crippen molar-refractivity contribution in [2.45, 2.75) is 23.0 Å². The number of halogens is 1. The first-order chi connectivity index (χ1) is 11.1. The van der Waals surface area contributed by atoms with E-state index in [1.165, 1.54) is 11.8 Å². The molecule has 0 aliphatic rings. The van der Waals surface area contributed by atoms with Crippen molar-refractivity contribution >= 4 is 33.7 Å². The molecule has 2 aromatic carbocycles. The number of rotatable bonds is 7. The molecule has 23 heavy (non-hydrogen) atoms. The number of benzene rings is 2. The van der Waals surface area contributed by atoms with Gasteiger partial charge >= 0.3 is 5.97 Å². The van der Waals surface area contributed by atoms with Gasteiger partial charge in [0.25, 0.3) is 0 Å². The molecule has 2 aromatic rings. The molecule has 0 aliphatic carbocycles. The lowest BCUT2D eigenvalue weighted by Crippen LogP contribution is -2.34. The lowest BCUT2D eigenvalue weighted by Gasteiger charge is -2.30. The summed E-state index contributed by atoms with van der Waals surface area (Å²) in [6.45, 7) is 6.02. The molecule has 120 valence electrons. The van der Waals surface area contributed by atoms with E-state index in [-0.39, 0.29) is 5.97 Å². The molecule has 0 aliphatic heterocycles. The van der Waals surface area contributed by atoms with Gasteiger partial charge in [0.2, 0.25) is 0 Å². The van der Waals surface area contributed by atoms with Crippen LogP contribution in [0.2, 0.25) is 0 Å². The van der Waals surface area contributed by atoms with Crippen molar-refractivity contribution in [3.8, 4) is 0 Å². The van der Waals surface area contributed by atoms with Crippen molar-refractivity contribution in [1.29, 1.82) is 0 Å². The van der Waals surface area contributed by atoms with E-state index in [2.05, 4.69) is 22.5 Å². The second kappa shape index (κ2) is 8.37. The Labute approximate surface area is 150 Å². The first-order valence-electron chi connectivity index (χ1n) is 7.40. The average Bonchev–Trinajstić information content (AvgIpc) is 2.57. The van der Waals surface area contributed by atoms with Gasteiger partial charge in [0.15, 0.2) is 0 Å². The molecule has 2 rings (SSSR count). The van der Waals surface area contributed by atoms with E-state index < -0.39 is 4.75 Å². The first kappa shape index (κ1) is 17.8. The number of carbonyl (C=O) groups is 1. The van der Waals surface area contributed by atoms with E-state index in [0.717, 1.165) is 14.9 Å². The van der Waals surface area contributed by atoms with Gasteiger partial charge in [0.05, 0.1) is 6.61 Å². The van der Waals surface area contributed by atoms with Crippen molar-refractivity contribution in [3.63, 3.8) is 0 Å². The molecular weight excluding hydrogens is 372 g/mol. The third kappa shape index (κ3) is 4.27. The molecule has 1 atom stereocenters. The summed E-state index contributed by atoms with van der Waals surface area (Å²) in [6.07, 6.45) is 2.27. The Balaban J connectivity index is 2.49. The smallest absolute Gasteiger partial charge is 0.327 e. The van der Waals surface area contributed by atoms with E-state index in [1.54, 1.807) is 6.08 Å². The molecule has 0 saturated heterocycles. The fourth-order valence-corrected chi connectivity index (χ4v) is 3.86. The molecule has 0 bridgehead atoms. The van der Waals surface area contributed by atoms with E-state index in [0.29, 0.717) is 13.0 Å². The van der Waals surface area contributed by atoms with E-state index >= 15 is 0 Å². The monoisotopic (exact) mass is 390 g/mol. The number of thioether (sulfide) groups is 1. The zero-order chi connectivity index (χ0) is 16.7. The zero-order valence-electron chi connectivity index (χ0n) is 13.0. The van der Waals surface area contributed by atoms with Crippen molar-refractivity contribution in [3.05, 3.63) is 77.3 Å². The Morgan fingerprint density at radius 1 is 1.22 bits per heavy atom. The summed E-state index contributed by atoms with van der Waals surface area (Å²) >= 11 is 4.94. The summed E-state index contributed by atoms with van der Waals surface area (Å²) in [5.41, 5.74) is 0.922. The van der Waals surface area contributed by atoms with Gasteiger partial charge in [-0.3, -0.25) is 4.79 Å². The zero-order valence-corrected chi connectivity index (χ0v) is 15.4. The van der Waals surface area contributed by atoms with Crippen LogP contribution in [0.25, 0.3) is 0 Å². The lowest BCUT2D eigenvalue weighted by atomic mass is 9.94. The molecule has 4 heteroatoms. The Kier molecular flexibility index (Phi) is 6.48. The Hall–Kier alpha value is -1.52. The standard InChI is InChI=1S/C19H19BrO2S/c1-3-14-19(18(21)22-4-2,15-8-6-5-7-9-15)23-17-12-10-16(20)11-13-17/h3,5-13H,1,4,14H2,2H3. The van der Waals surface area contributed by atoms with Crippen LogP contribution in [0.3, 0.4) is 0 Å². The second-order valence-corrected chi connectivity index (χ2v) is 7.25. The van der Waals surface area contributed by atoms with Gasteiger partial charge in [-0.25, -0.2) is 0 Å². The summed E-state index contributed by atoms with van der Waals surface area (Å²) < 4.78 is 5.57. The quantitative estimate of drug-likeness (QED) is 0.350. The highest BCUT2D eigenvalue weighted by Gasteiger charge is 2.41. The minimum Gasteiger partial charge on any atom is -0.465 e. The van der Waals surface area contributed by atoms with E-state index in [9.17, 15) is 4.79 Å². The van der Waals surface area contributed by atoms with Gasteiger partial charge in [0.1, 0.15) is 4.75 Å². The molecule has 0 spiro atoms. The molecule has 0 fully saturated rings. The molecule has 2 nitrogen and oxygen atoms in total. The highest BCUT2D eigenvalue weighted by Crippen LogP contribution is 2.45. The second-order valence-electron chi connectivity index (χ2n) is 4.96.